The third kappa shape index (κ3) is 3.84. The first-order valence-corrected chi connectivity index (χ1v) is 14.6. The second-order valence-corrected chi connectivity index (χ2v) is 12.1. The number of hydrogen-bond acceptors (Lipinski definition) is 12. The van der Waals surface area contributed by atoms with Crippen molar-refractivity contribution in [1.29, 1.82) is 0 Å². The van der Waals surface area contributed by atoms with Crippen molar-refractivity contribution in [2.45, 2.75) is 47.6 Å². The van der Waals surface area contributed by atoms with Crippen LogP contribution in [-0.2, 0) is 19.0 Å². The molecule has 0 aliphatic carbocycles. The van der Waals surface area contributed by atoms with Crippen molar-refractivity contribution in [3.8, 4) is 34.5 Å². The van der Waals surface area contributed by atoms with Crippen molar-refractivity contribution in [3.05, 3.63) is 107 Å². The van der Waals surface area contributed by atoms with E-state index in [9.17, 15) is 40.5 Å². The molecule has 0 saturated carbocycles. The third-order valence-corrected chi connectivity index (χ3v) is 9.41. The Morgan fingerprint density at radius 1 is 0.674 bits per heavy atom. The van der Waals surface area contributed by atoms with Crippen LogP contribution in [0.2, 0.25) is 0 Å². The first-order chi connectivity index (χ1) is 22.0. The number of phenols is 5. The number of fused-ring (bicyclic) bond motifs is 1. The molecule has 1 spiro atoms. The first-order valence-electron chi connectivity index (χ1n) is 14.6. The van der Waals surface area contributed by atoms with Crippen LogP contribution in [-0.4, -0.2) is 71.9 Å². The zero-order chi connectivity index (χ0) is 32.1. The maximum Gasteiger partial charge on any atom is 0.345 e. The molecule has 8 atom stereocenters. The number of rotatable bonds is 4. The predicted octanol–water partition coefficient (Wildman–Crippen LogP) is 3.08. The Balaban J connectivity index is 1.39. The van der Waals surface area contributed by atoms with Crippen LogP contribution in [0.3, 0.4) is 0 Å². The Morgan fingerprint density at radius 3 is 1.89 bits per heavy atom. The summed E-state index contributed by atoms with van der Waals surface area (Å²) in [6, 6.07) is 19.0. The van der Waals surface area contributed by atoms with Gasteiger partial charge in [-0.1, -0.05) is 24.3 Å². The molecule has 0 bridgehead atoms. The average molecular weight is 629 g/mol. The molecule has 0 amide bonds. The van der Waals surface area contributed by atoms with Gasteiger partial charge in [-0.3, -0.25) is 0 Å². The molecular weight excluding hydrogens is 600 g/mol. The molecule has 3 fully saturated rings. The normalized spacial score (nSPS) is 32.4. The summed E-state index contributed by atoms with van der Waals surface area (Å²) in [5, 5.41) is 75.3. The predicted molar refractivity (Wildman–Crippen MR) is 155 cm³/mol. The van der Waals surface area contributed by atoms with Crippen molar-refractivity contribution in [3.63, 3.8) is 0 Å². The fourth-order valence-electron chi connectivity index (χ4n) is 7.53. The zero-order valence-electron chi connectivity index (χ0n) is 23.8. The smallest absolute Gasteiger partial charge is 0.345 e. The van der Waals surface area contributed by atoms with E-state index < -0.39 is 53.6 Å². The lowest BCUT2D eigenvalue weighted by Gasteiger charge is -2.32. The Kier molecular flexibility index (Phi) is 6.03. The molecule has 4 aromatic carbocycles. The number of carbonyl (C=O) groups excluding carboxylic acids is 1. The highest BCUT2D eigenvalue weighted by molar-refractivity contribution is 5.87. The van der Waals surface area contributed by atoms with Crippen molar-refractivity contribution < 1.29 is 59.5 Å². The van der Waals surface area contributed by atoms with E-state index in [1.807, 2.05) is 0 Å². The van der Waals surface area contributed by atoms with Gasteiger partial charge in [-0.15, -0.1) is 0 Å². The second kappa shape index (κ2) is 9.74. The molecule has 4 heterocycles. The third-order valence-electron chi connectivity index (χ3n) is 9.41. The van der Waals surface area contributed by atoms with Crippen LogP contribution in [0.25, 0.3) is 0 Å². The van der Waals surface area contributed by atoms with Gasteiger partial charge in [0, 0.05) is 17.7 Å². The van der Waals surface area contributed by atoms with Gasteiger partial charge in [0.15, 0.2) is 6.10 Å². The number of carbonyl (C=O) groups is 1. The minimum Gasteiger partial charge on any atom is -0.508 e. The van der Waals surface area contributed by atoms with Crippen LogP contribution in [0, 0.1) is 0 Å². The lowest BCUT2D eigenvalue weighted by Crippen LogP contribution is -2.57. The highest BCUT2D eigenvalue weighted by Crippen LogP contribution is 2.66. The van der Waals surface area contributed by atoms with E-state index in [4.69, 9.17) is 18.9 Å². The molecule has 0 unspecified atom stereocenters. The molecule has 4 aliphatic rings. The molecule has 8 rings (SSSR count). The zero-order valence-corrected chi connectivity index (χ0v) is 23.8. The monoisotopic (exact) mass is 628 g/mol. The number of aliphatic hydroxyl groups is 2. The Bertz CT molecular complexity index is 1850. The van der Waals surface area contributed by atoms with E-state index in [0.717, 1.165) is 0 Å². The van der Waals surface area contributed by atoms with Gasteiger partial charge in [-0.25, -0.2) is 4.79 Å². The lowest BCUT2D eigenvalue weighted by atomic mass is 9.71. The number of hydrogen-bond donors (Lipinski definition) is 7. The summed E-state index contributed by atoms with van der Waals surface area (Å²) in [4.78, 5) is 13.7. The molecule has 0 radical (unpaired) electrons. The summed E-state index contributed by atoms with van der Waals surface area (Å²) in [5.74, 6) is -5.92. The summed E-state index contributed by atoms with van der Waals surface area (Å²) in [6.07, 6.45) is -4.62. The number of aliphatic hydroxyl groups excluding tert-OH is 1. The SMILES string of the molecule is O=C1O[C@@H]2[C@@H](O)CO[C@]23O[C@@H](c2ccc(O)cc2)[C@H](c2cc(O)cc4c2[C@@H](c2cc(O)cc(O)c2)[C@H](c2ccc(O)cc2)O4)[C@@]13O. The van der Waals surface area contributed by atoms with E-state index in [1.165, 1.54) is 54.6 Å². The fourth-order valence-corrected chi connectivity index (χ4v) is 7.53. The van der Waals surface area contributed by atoms with E-state index in [1.54, 1.807) is 24.3 Å². The van der Waals surface area contributed by atoms with Gasteiger partial charge in [0.25, 0.3) is 5.79 Å². The topological polar surface area (TPSA) is 196 Å². The fraction of sp³-hybridized carbons (Fsp3) is 0.265. The first kappa shape index (κ1) is 28.5. The van der Waals surface area contributed by atoms with E-state index in [-0.39, 0.29) is 46.7 Å². The number of ether oxygens (including phenoxy) is 4. The molecule has 46 heavy (non-hydrogen) atoms. The van der Waals surface area contributed by atoms with Gasteiger partial charge in [0.1, 0.15) is 46.7 Å². The summed E-state index contributed by atoms with van der Waals surface area (Å²) >= 11 is 0. The molecule has 236 valence electrons. The van der Waals surface area contributed by atoms with Crippen LogP contribution < -0.4 is 4.74 Å². The van der Waals surface area contributed by atoms with Crippen LogP contribution in [0.15, 0.2) is 78.9 Å². The van der Waals surface area contributed by atoms with Crippen LogP contribution in [0.4, 0.5) is 0 Å². The van der Waals surface area contributed by atoms with Crippen LogP contribution in [0.1, 0.15) is 51.9 Å². The standard InChI is InChI=1S/C34H28O12/c35-18-5-1-15(2-6-18)29-26(17-9-20(37)11-21(38)10-17)27-23(12-22(39)13-25(27)44-29)28-30(16-3-7-19(36)8-4-16)46-34-31(24(40)14-43-34)45-32(41)33(28,34)42/h1-13,24,26,28-31,35-40,42H,14H2/t24-,26+,28-,29-,30-,31+,33+,34-/m0/s1. The second-order valence-electron chi connectivity index (χ2n) is 12.1. The van der Waals surface area contributed by atoms with Gasteiger partial charge >= 0.3 is 5.97 Å². The van der Waals surface area contributed by atoms with Gasteiger partial charge in [0.2, 0.25) is 5.60 Å². The van der Waals surface area contributed by atoms with Gasteiger partial charge in [-0.2, -0.15) is 0 Å². The Hall–Kier alpha value is -5.01. The largest absolute Gasteiger partial charge is 0.508 e. The highest BCUT2D eigenvalue weighted by Gasteiger charge is 2.83. The maximum absolute atomic E-state index is 13.7. The van der Waals surface area contributed by atoms with Crippen molar-refractivity contribution in [1.82, 2.24) is 0 Å². The number of phenolic OH excluding ortho intramolecular Hbond substituents is 5. The summed E-state index contributed by atoms with van der Waals surface area (Å²) < 4.78 is 24.3. The lowest BCUT2D eigenvalue weighted by molar-refractivity contribution is -0.259. The number of esters is 1. The molecule has 3 saturated heterocycles. The molecular formula is C34H28O12. The minimum atomic E-state index is -2.54. The molecule has 4 aromatic rings. The number of benzene rings is 4. The van der Waals surface area contributed by atoms with Crippen LogP contribution in [0.5, 0.6) is 34.5 Å². The molecule has 12 heteroatoms. The average Bonchev–Trinajstić information content (AvgIpc) is 3.68. The van der Waals surface area contributed by atoms with Crippen molar-refractivity contribution in [2.75, 3.05) is 6.61 Å². The molecule has 7 N–H and O–H groups in total. The van der Waals surface area contributed by atoms with Gasteiger partial charge in [-0.05, 0) is 64.7 Å². The molecule has 12 nitrogen and oxygen atoms in total. The summed E-state index contributed by atoms with van der Waals surface area (Å²) in [5.41, 5.74) is -0.483. The van der Waals surface area contributed by atoms with Gasteiger partial charge in [0.05, 0.1) is 24.5 Å². The van der Waals surface area contributed by atoms with Crippen molar-refractivity contribution in [2.24, 2.45) is 0 Å². The van der Waals surface area contributed by atoms with E-state index >= 15 is 0 Å². The quantitative estimate of drug-likeness (QED) is 0.164. The number of aromatic hydroxyl groups is 5. The van der Waals surface area contributed by atoms with Gasteiger partial charge < -0.3 is 54.7 Å². The Morgan fingerprint density at radius 2 is 1.26 bits per heavy atom. The Labute approximate surface area is 260 Å². The summed E-state index contributed by atoms with van der Waals surface area (Å²) in [6.45, 7) is -0.287. The van der Waals surface area contributed by atoms with E-state index in [0.29, 0.717) is 22.3 Å². The molecule has 4 aliphatic heterocycles. The summed E-state index contributed by atoms with van der Waals surface area (Å²) in [7, 11) is 0. The van der Waals surface area contributed by atoms with E-state index in [2.05, 4.69) is 0 Å². The van der Waals surface area contributed by atoms with Crippen molar-refractivity contribution >= 4 is 5.97 Å². The van der Waals surface area contributed by atoms with Crippen LogP contribution >= 0.6 is 0 Å². The maximum atomic E-state index is 13.7. The minimum absolute atomic E-state index is 0.0181. The molecule has 0 aromatic heterocycles. The highest BCUT2D eigenvalue weighted by atomic mass is 16.8.